The second kappa shape index (κ2) is 5.60. The van der Waals surface area contributed by atoms with Gasteiger partial charge in [-0.2, -0.15) is 0 Å². The smallest absolute Gasteiger partial charge is 0.133 e. The van der Waals surface area contributed by atoms with Crippen molar-refractivity contribution in [3.8, 4) is 0 Å². The van der Waals surface area contributed by atoms with Crippen molar-refractivity contribution in [3.05, 3.63) is 54.0 Å². The second-order valence-electron chi connectivity index (χ2n) is 4.05. The van der Waals surface area contributed by atoms with E-state index in [9.17, 15) is 4.39 Å². The summed E-state index contributed by atoms with van der Waals surface area (Å²) in [5.74, 6) is 0.610. The molecular weight excluding hydrogens is 229 g/mol. The van der Waals surface area contributed by atoms with Crippen LogP contribution in [0.4, 0.5) is 15.9 Å². The van der Waals surface area contributed by atoms with Gasteiger partial charge in [0.2, 0.25) is 0 Å². The largest absolute Gasteiger partial charge is 0.329 e. The fourth-order valence-electron chi connectivity index (χ4n) is 1.73. The number of pyridine rings is 1. The quantitative estimate of drug-likeness (QED) is 0.897. The Morgan fingerprint density at radius 3 is 2.56 bits per heavy atom. The van der Waals surface area contributed by atoms with Crippen LogP contribution in [0.5, 0.6) is 0 Å². The Morgan fingerprint density at radius 2 is 1.89 bits per heavy atom. The van der Waals surface area contributed by atoms with Crippen LogP contribution in [-0.4, -0.2) is 19.1 Å². The zero-order valence-electron chi connectivity index (χ0n) is 10.5. The lowest BCUT2D eigenvalue weighted by Gasteiger charge is -2.18. The summed E-state index contributed by atoms with van der Waals surface area (Å²) < 4.78 is 12.9. The Morgan fingerprint density at radius 1 is 1.17 bits per heavy atom. The van der Waals surface area contributed by atoms with Crippen molar-refractivity contribution in [2.45, 2.75) is 6.54 Å². The molecule has 4 heteroatoms. The van der Waals surface area contributed by atoms with Crippen LogP contribution < -0.4 is 10.2 Å². The monoisotopic (exact) mass is 245 g/mol. The number of nitrogens with one attached hydrogen (secondary N) is 1. The van der Waals surface area contributed by atoms with Crippen molar-refractivity contribution in [2.24, 2.45) is 0 Å². The van der Waals surface area contributed by atoms with Crippen LogP contribution in [0, 0.1) is 5.82 Å². The minimum atomic E-state index is -0.232. The molecule has 0 fully saturated rings. The molecule has 0 bridgehead atoms. The van der Waals surface area contributed by atoms with Gasteiger partial charge in [-0.25, -0.2) is 9.37 Å². The fourth-order valence-corrected chi connectivity index (χ4v) is 1.73. The third-order valence-corrected chi connectivity index (χ3v) is 2.71. The molecule has 0 spiro atoms. The summed E-state index contributed by atoms with van der Waals surface area (Å²) in [6.45, 7) is 0.727. The summed E-state index contributed by atoms with van der Waals surface area (Å²) in [4.78, 5) is 6.46. The molecule has 0 aliphatic rings. The lowest BCUT2D eigenvalue weighted by molar-refractivity contribution is 0.628. The van der Waals surface area contributed by atoms with E-state index in [1.165, 1.54) is 12.1 Å². The number of hydrogen-bond donors (Lipinski definition) is 1. The maximum atomic E-state index is 12.9. The number of nitrogens with zero attached hydrogens (tertiary/aromatic N) is 2. The van der Waals surface area contributed by atoms with Gasteiger partial charge in [0.05, 0.1) is 5.69 Å². The average Bonchev–Trinajstić information content (AvgIpc) is 2.39. The van der Waals surface area contributed by atoms with Crippen LogP contribution in [0.2, 0.25) is 0 Å². The van der Waals surface area contributed by atoms with Gasteiger partial charge >= 0.3 is 0 Å². The molecule has 2 rings (SSSR count). The van der Waals surface area contributed by atoms with Gasteiger partial charge in [-0.05, 0) is 43.4 Å². The van der Waals surface area contributed by atoms with Crippen LogP contribution in [0.25, 0.3) is 0 Å². The highest BCUT2D eigenvalue weighted by molar-refractivity contribution is 5.58. The number of halogens is 1. The van der Waals surface area contributed by atoms with Crippen molar-refractivity contribution in [1.29, 1.82) is 0 Å². The van der Waals surface area contributed by atoms with E-state index >= 15 is 0 Å². The van der Waals surface area contributed by atoms with Crippen molar-refractivity contribution in [2.75, 3.05) is 19.0 Å². The van der Waals surface area contributed by atoms with E-state index in [2.05, 4.69) is 10.3 Å². The molecule has 3 nitrogen and oxygen atoms in total. The first kappa shape index (κ1) is 12.5. The first-order valence-corrected chi connectivity index (χ1v) is 5.80. The van der Waals surface area contributed by atoms with E-state index in [1.54, 1.807) is 12.1 Å². The number of benzene rings is 1. The summed E-state index contributed by atoms with van der Waals surface area (Å²) in [6.07, 6.45) is 0. The van der Waals surface area contributed by atoms with Crippen molar-refractivity contribution in [1.82, 2.24) is 10.3 Å². The summed E-state index contributed by atoms with van der Waals surface area (Å²) in [5.41, 5.74) is 1.88. The summed E-state index contributed by atoms with van der Waals surface area (Å²) >= 11 is 0. The van der Waals surface area contributed by atoms with Gasteiger partial charge in [-0.15, -0.1) is 0 Å². The predicted molar refractivity (Wildman–Crippen MR) is 71.5 cm³/mol. The topological polar surface area (TPSA) is 28.2 Å². The first-order valence-electron chi connectivity index (χ1n) is 5.80. The Labute approximate surface area is 106 Å². The lowest BCUT2D eigenvalue weighted by Crippen LogP contribution is -2.13. The Balaban J connectivity index is 2.24. The molecule has 0 saturated heterocycles. The van der Waals surface area contributed by atoms with Crippen LogP contribution >= 0.6 is 0 Å². The molecule has 1 aromatic carbocycles. The summed E-state index contributed by atoms with van der Waals surface area (Å²) in [7, 11) is 3.80. The van der Waals surface area contributed by atoms with Crippen LogP contribution in [0.3, 0.4) is 0 Å². The van der Waals surface area contributed by atoms with Crippen LogP contribution in [0.15, 0.2) is 42.5 Å². The normalized spacial score (nSPS) is 10.4. The fraction of sp³-hybridized carbons (Fsp3) is 0.214. The van der Waals surface area contributed by atoms with E-state index < -0.39 is 0 Å². The number of rotatable bonds is 4. The molecule has 0 amide bonds. The van der Waals surface area contributed by atoms with E-state index in [-0.39, 0.29) is 5.82 Å². The van der Waals surface area contributed by atoms with Gasteiger partial charge in [0, 0.05) is 19.3 Å². The van der Waals surface area contributed by atoms with Gasteiger partial charge < -0.3 is 10.2 Å². The highest BCUT2D eigenvalue weighted by atomic mass is 19.1. The standard InChI is InChI=1S/C14H16FN3/c1-16-10-12-4-3-5-14(17-12)18(2)13-8-6-11(15)7-9-13/h3-9,16H,10H2,1-2H3. The van der Waals surface area contributed by atoms with E-state index in [4.69, 9.17) is 0 Å². The summed E-state index contributed by atoms with van der Waals surface area (Å²) in [6, 6.07) is 12.2. The molecule has 0 aliphatic heterocycles. The van der Waals surface area contributed by atoms with Crippen LogP contribution in [0.1, 0.15) is 5.69 Å². The minimum Gasteiger partial charge on any atom is -0.329 e. The van der Waals surface area contributed by atoms with Crippen molar-refractivity contribution < 1.29 is 4.39 Å². The minimum absolute atomic E-state index is 0.232. The molecule has 0 atom stereocenters. The number of aromatic nitrogens is 1. The number of hydrogen-bond acceptors (Lipinski definition) is 3. The molecule has 94 valence electrons. The molecule has 1 heterocycles. The molecular formula is C14H16FN3. The molecule has 0 saturated carbocycles. The van der Waals surface area contributed by atoms with Crippen LogP contribution in [-0.2, 0) is 6.54 Å². The zero-order valence-corrected chi connectivity index (χ0v) is 10.5. The Kier molecular flexibility index (Phi) is 3.89. The SMILES string of the molecule is CNCc1cccc(N(C)c2ccc(F)cc2)n1. The lowest BCUT2D eigenvalue weighted by atomic mass is 10.2. The predicted octanol–water partition coefficient (Wildman–Crippen LogP) is 2.71. The summed E-state index contributed by atoms with van der Waals surface area (Å²) in [5, 5.41) is 3.07. The van der Waals surface area contributed by atoms with E-state index in [0.29, 0.717) is 0 Å². The van der Waals surface area contributed by atoms with Gasteiger partial charge in [-0.1, -0.05) is 6.07 Å². The third-order valence-electron chi connectivity index (χ3n) is 2.71. The molecule has 1 N–H and O–H groups in total. The average molecular weight is 245 g/mol. The zero-order chi connectivity index (χ0) is 13.0. The second-order valence-corrected chi connectivity index (χ2v) is 4.05. The molecule has 18 heavy (non-hydrogen) atoms. The molecule has 0 aliphatic carbocycles. The number of anilines is 2. The van der Waals surface area contributed by atoms with Gasteiger partial charge in [-0.3, -0.25) is 0 Å². The van der Waals surface area contributed by atoms with Crippen molar-refractivity contribution >= 4 is 11.5 Å². The van der Waals surface area contributed by atoms with Gasteiger partial charge in [0.15, 0.2) is 0 Å². The van der Waals surface area contributed by atoms with E-state index in [0.717, 1.165) is 23.7 Å². The molecule has 2 aromatic rings. The molecule has 0 unspecified atom stereocenters. The highest BCUT2D eigenvalue weighted by Crippen LogP contribution is 2.21. The molecule has 1 aromatic heterocycles. The van der Waals surface area contributed by atoms with Gasteiger partial charge in [0.25, 0.3) is 0 Å². The molecule has 0 radical (unpaired) electrons. The van der Waals surface area contributed by atoms with Gasteiger partial charge in [0.1, 0.15) is 11.6 Å². The third kappa shape index (κ3) is 2.84. The van der Waals surface area contributed by atoms with Crippen molar-refractivity contribution in [3.63, 3.8) is 0 Å². The maximum Gasteiger partial charge on any atom is 0.133 e. The highest BCUT2D eigenvalue weighted by Gasteiger charge is 2.06. The maximum absolute atomic E-state index is 12.9. The Hall–Kier alpha value is -1.94. The van der Waals surface area contributed by atoms with E-state index in [1.807, 2.05) is 37.2 Å². The first-order chi connectivity index (χ1) is 8.70. The Bertz CT molecular complexity index is 511.